The third kappa shape index (κ3) is 0.445. The molecule has 1 rings (SSSR count). The second-order valence-corrected chi connectivity index (χ2v) is 1.08. The fraction of sp³-hybridized carbons (Fsp3) is 0. The van der Waals surface area contributed by atoms with Crippen LogP contribution in [0.2, 0.25) is 0 Å². The molecule has 0 atom stereocenters. The van der Waals surface area contributed by atoms with Crippen molar-refractivity contribution in [3.63, 3.8) is 0 Å². The van der Waals surface area contributed by atoms with Gasteiger partial charge in [0, 0.05) is 0 Å². The van der Waals surface area contributed by atoms with Crippen LogP contribution < -0.4 is 5.10 Å². The van der Waals surface area contributed by atoms with E-state index >= 15 is 0 Å². The van der Waals surface area contributed by atoms with Gasteiger partial charge in [0.2, 0.25) is 11.9 Å². The lowest BCUT2D eigenvalue weighted by atomic mass is 11.7. The van der Waals surface area contributed by atoms with Crippen LogP contribution in [0, 0.1) is 0 Å². The summed E-state index contributed by atoms with van der Waals surface area (Å²) in [7, 11) is 0. The number of rotatable bonds is 0. The Kier molecular flexibility index (Phi) is 0.660. The molecule has 1 heterocycles. The van der Waals surface area contributed by atoms with Crippen LogP contribution in [-0.4, -0.2) is 5.55 Å². The van der Waals surface area contributed by atoms with E-state index in [1.807, 2.05) is 0 Å². The zero-order chi connectivity index (χ0) is 3.54. The summed E-state index contributed by atoms with van der Waals surface area (Å²) in [6, 6.07) is 0. The van der Waals surface area contributed by atoms with Crippen LogP contribution in [0.25, 0.3) is 0 Å². The molecule has 0 N–H and O–H groups in total. The minimum atomic E-state index is 1.24. The molecule has 1 radical (unpaired) electrons. The molecule has 1 aliphatic rings. The number of nitrogens with zero attached hydrogens (tertiary/aromatic N) is 3. The Labute approximate surface area is 33.3 Å². The summed E-state index contributed by atoms with van der Waals surface area (Å²) in [6.45, 7) is 0. The lowest BCUT2D eigenvalue weighted by Crippen LogP contribution is -1.61. The van der Waals surface area contributed by atoms with E-state index in [-0.39, 0.29) is 0 Å². The van der Waals surface area contributed by atoms with E-state index in [4.69, 9.17) is 0 Å². The molecule has 0 aromatic heterocycles. The largest absolute Gasteiger partial charge is 0.251 e. The highest BCUT2D eigenvalue weighted by molar-refractivity contribution is 8.10. The standard InChI is InChI=1S/CHN3S/c1-2-3-4-5-1/h1H/q+1. The number of hydrogen-bond acceptors (Lipinski definition) is 4. The highest BCUT2D eigenvalue weighted by Gasteiger charge is 1.96. The van der Waals surface area contributed by atoms with Gasteiger partial charge in [-0.05, 0) is 0 Å². The first-order valence-corrected chi connectivity index (χ1v) is 1.91. The quantitative estimate of drug-likeness (QED) is 0.393. The smallest absolute Gasteiger partial charge is 0.0810 e. The van der Waals surface area contributed by atoms with Gasteiger partial charge in [-0.2, -0.15) is 0 Å². The van der Waals surface area contributed by atoms with Crippen molar-refractivity contribution in [3.05, 3.63) is 0 Å². The molecule has 0 unspecified atom stereocenters. The zero-order valence-electron chi connectivity index (χ0n) is 2.33. The molecular weight excluding hydrogens is 86.1 g/mol. The fourth-order valence-corrected chi connectivity index (χ4v) is 0.316. The van der Waals surface area contributed by atoms with E-state index in [9.17, 15) is 0 Å². The summed E-state index contributed by atoms with van der Waals surface area (Å²) in [5.41, 5.74) is 1.57. The molecule has 0 spiro atoms. The third-order valence-corrected chi connectivity index (χ3v) is 0.585. The maximum atomic E-state index is 3.40. The first-order chi connectivity index (χ1) is 2.50. The van der Waals surface area contributed by atoms with Gasteiger partial charge in [-0.1, -0.05) is 0 Å². The first-order valence-electron chi connectivity index (χ1n) is 1.08. The van der Waals surface area contributed by atoms with Gasteiger partial charge in [-0.3, -0.25) is 0 Å². The maximum Gasteiger partial charge on any atom is 0.251 e. The molecule has 0 aliphatic carbocycles. The van der Waals surface area contributed by atoms with Crippen LogP contribution in [0.1, 0.15) is 0 Å². The summed E-state index contributed by atoms with van der Waals surface area (Å²) in [5, 5.41) is 6.62. The summed E-state index contributed by atoms with van der Waals surface area (Å²) < 4.78 is 3.40. The molecule has 0 aromatic rings. The van der Waals surface area contributed by atoms with Gasteiger partial charge < -0.3 is 0 Å². The van der Waals surface area contributed by atoms with Crippen molar-refractivity contribution < 1.29 is 0 Å². The highest BCUT2D eigenvalue weighted by atomic mass is 32.2. The van der Waals surface area contributed by atoms with Gasteiger partial charge in [0.1, 0.15) is 4.52 Å². The monoisotopic (exact) mass is 87.0 g/mol. The Bertz CT molecular complexity index is 65.0. The second kappa shape index (κ2) is 1.16. The van der Waals surface area contributed by atoms with E-state index in [0.717, 1.165) is 0 Å². The van der Waals surface area contributed by atoms with Gasteiger partial charge >= 0.3 is 0 Å². The Morgan fingerprint density at radius 2 is 2.80 bits per heavy atom. The van der Waals surface area contributed by atoms with Crippen LogP contribution in [0.15, 0.2) is 9.74 Å². The zero-order valence-corrected chi connectivity index (χ0v) is 3.14. The Hall–Kier alpha value is -0.380. The second-order valence-electron chi connectivity index (χ2n) is 0.497. The van der Waals surface area contributed by atoms with Crippen LogP contribution in [0.4, 0.5) is 0 Å². The summed E-state index contributed by atoms with van der Waals surface area (Å²) in [5.74, 6) is 0. The molecule has 0 amide bonds. The van der Waals surface area contributed by atoms with Crippen molar-refractivity contribution in [2.45, 2.75) is 0 Å². The topological polar surface area (TPSA) is 38.8 Å². The van der Waals surface area contributed by atoms with Crippen molar-refractivity contribution in [1.82, 2.24) is 5.10 Å². The average Bonchev–Trinajstić information content (AvgIpc) is 1.76. The van der Waals surface area contributed by atoms with Crippen LogP contribution >= 0.6 is 11.9 Å². The molecule has 0 saturated heterocycles. The third-order valence-electron chi connectivity index (χ3n) is 0.230. The molecule has 25 valence electrons. The predicted molar refractivity (Wildman–Crippen MR) is 20.6 cm³/mol. The molecule has 0 bridgehead atoms. The van der Waals surface area contributed by atoms with Gasteiger partial charge in [0.15, 0.2) is 5.22 Å². The lowest BCUT2D eigenvalue weighted by molar-refractivity contribution is 1.03. The molecule has 3 nitrogen and oxygen atoms in total. The van der Waals surface area contributed by atoms with E-state index in [1.54, 1.807) is 5.55 Å². The van der Waals surface area contributed by atoms with Crippen molar-refractivity contribution >= 4 is 17.5 Å². The van der Waals surface area contributed by atoms with E-state index in [1.165, 1.54) is 11.9 Å². The molecule has 0 saturated carbocycles. The van der Waals surface area contributed by atoms with Crippen LogP contribution in [0.3, 0.4) is 0 Å². The van der Waals surface area contributed by atoms with Crippen molar-refractivity contribution in [2.24, 2.45) is 9.74 Å². The molecule has 1 aliphatic heterocycles. The average molecular weight is 87.1 g/mol. The predicted octanol–water partition coefficient (Wildman–Crippen LogP) is 0.379. The van der Waals surface area contributed by atoms with E-state index < -0.39 is 0 Å². The van der Waals surface area contributed by atoms with Gasteiger partial charge in [0.25, 0.3) is 5.55 Å². The summed E-state index contributed by atoms with van der Waals surface area (Å²) in [6.07, 6.45) is 0. The Morgan fingerprint density at radius 3 is 3.00 bits per heavy atom. The normalized spacial score (nSPS) is 17.6. The SMILES string of the molecule is C1=[N+]N=NS1. The van der Waals surface area contributed by atoms with E-state index in [0.29, 0.717) is 0 Å². The Morgan fingerprint density at radius 1 is 1.80 bits per heavy atom. The van der Waals surface area contributed by atoms with Gasteiger partial charge in [0.05, 0.1) is 5.10 Å². The molecular formula is CHN3S+. The minimum Gasteiger partial charge on any atom is 0.0810 e. The van der Waals surface area contributed by atoms with Crippen LogP contribution in [0.5, 0.6) is 0 Å². The number of hydrogen-bond donors (Lipinski definition) is 0. The molecule has 5 heavy (non-hydrogen) atoms. The molecule has 0 fully saturated rings. The van der Waals surface area contributed by atoms with Crippen molar-refractivity contribution in [2.75, 3.05) is 0 Å². The molecule has 0 aromatic carbocycles. The van der Waals surface area contributed by atoms with Gasteiger partial charge in [-0.25, -0.2) is 0 Å². The van der Waals surface area contributed by atoms with Crippen LogP contribution in [-0.2, 0) is 0 Å². The Balaban J connectivity index is 2.61. The minimum absolute atomic E-state index is 1.24. The highest BCUT2D eigenvalue weighted by Crippen LogP contribution is 1.97. The fourth-order valence-electron chi connectivity index (χ4n) is 0.105. The van der Waals surface area contributed by atoms with E-state index in [2.05, 4.69) is 14.8 Å². The van der Waals surface area contributed by atoms with Crippen molar-refractivity contribution in [3.8, 4) is 0 Å². The van der Waals surface area contributed by atoms with Crippen molar-refractivity contribution in [1.29, 1.82) is 0 Å². The lowest BCUT2D eigenvalue weighted by Gasteiger charge is -1.32. The molecule has 4 heteroatoms. The summed E-state index contributed by atoms with van der Waals surface area (Å²) in [4.78, 5) is 0. The first kappa shape index (κ1) is 2.84. The summed E-state index contributed by atoms with van der Waals surface area (Å²) >= 11 is 1.24. The maximum absolute atomic E-state index is 3.40. The van der Waals surface area contributed by atoms with Gasteiger partial charge in [-0.15, -0.1) is 0 Å².